The first kappa shape index (κ1) is 17.8. The van der Waals surface area contributed by atoms with Crippen molar-refractivity contribution in [3.05, 3.63) is 70.8 Å². The van der Waals surface area contributed by atoms with Crippen LogP contribution in [0, 0.1) is 12.7 Å². The first-order valence-electron chi connectivity index (χ1n) is 8.18. The third-order valence-electron chi connectivity index (χ3n) is 4.20. The number of carbonyl (C=O) groups excluding carboxylic acids is 1. The van der Waals surface area contributed by atoms with Gasteiger partial charge in [0.1, 0.15) is 16.9 Å². The van der Waals surface area contributed by atoms with Crippen LogP contribution in [0.2, 0.25) is 5.02 Å². The molecule has 1 aliphatic rings. The van der Waals surface area contributed by atoms with E-state index in [1.54, 1.807) is 16.8 Å². The summed E-state index contributed by atoms with van der Waals surface area (Å²) >= 11 is 7.32. The lowest BCUT2D eigenvalue weighted by molar-refractivity contribution is -0.116. The van der Waals surface area contributed by atoms with Crippen LogP contribution in [0.3, 0.4) is 0 Å². The van der Waals surface area contributed by atoms with Crippen LogP contribution in [-0.4, -0.2) is 26.0 Å². The van der Waals surface area contributed by atoms with Gasteiger partial charge in [-0.1, -0.05) is 35.5 Å². The number of benzene rings is 2. The van der Waals surface area contributed by atoms with E-state index in [4.69, 9.17) is 11.6 Å². The maximum Gasteiger partial charge on any atom is 0.240 e. The lowest BCUT2D eigenvalue weighted by Gasteiger charge is -2.32. The van der Waals surface area contributed by atoms with E-state index in [2.05, 4.69) is 20.9 Å². The zero-order valence-corrected chi connectivity index (χ0v) is 15.8. The van der Waals surface area contributed by atoms with Crippen molar-refractivity contribution in [1.82, 2.24) is 14.9 Å². The molecule has 2 atom stereocenters. The number of amides is 1. The van der Waals surface area contributed by atoms with E-state index in [1.807, 2.05) is 19.1 Å². The van der Waals surface area contributed by atoms with Crippen molar-refractivity contribution in [3.63, 3.8) is 0 Å². The second kappa shape index (κ2) is 7.21. The van der Waals surface area contributed by atoms with Gasteiger partial charge in [0, 0.05) is 10.7 Å². The van der Waals surface area contributed by atoms with E-state index in [0.717, 1.165) is 5.56 Å². The number of thioether (sulfide) groups is 1. The van der Waals surface area contributed by atoms with Crippen molar-refractivity contribution in [2.45, 2.75) is 23.4 Å². The minimum atomic E-state index is -0.507. The minimum Gasteiger partial charge on any atom is -0.325 e. The van der Waals surface area contributed by atoms with Crippen molar-refractivity contribution < 1.29 is 9.18 Å². The molecular formula is C18H15ClFN5OS. The molecular weight excluding hydrogens is 389 g/mol. The minimum absolute atomic E-state index is 0.217. The summed E-state index contributed by atoms with van der Waals surface area (Å²) < 4.78 is 14.9. The van der Waals surface area contributed by atoms with Crippen LogP contribution in [0.4, 0.5) is 10.1 Å². The zero-order valence-electron chi connectivity index (χ0n) is 14.2. The van der Waals surface area contributed by atoms with Gasteiger partial charge in [-0.2, -0.15) is 0 Å². The van der Waals surface area contributed by atoms with Gasteiger partial charge in [-0.25, -0.2) is 9.07 Å². The fourth-order valence-electron chi connectivity index (χ4n) is 2.83. The Labute approximate surface area is 164 Å². The molecule has 1 aromatic heterocycles. The molecule has 0 radical (unpaired) electrons. The fourth-order valence-corrected chi connectivity index (χ4v) is 4.08. The van der Waals surface area contributed by atoms with E-state index in [9.17, 15) is 9.18 Å². The number of anilines is 1. The Bertz CT molecular complexity index is 976. The Morgan fingerprint density at radius 3 is 2.59 bits per heavy atom. The molecule has 6 nitrogen and oxygen atoms in total. The largest absolute Gasteiger partial charge is 0.325 e. The second-order valence-electron chi connectivity index (χ2n) is 6.06. The maximum atomic E-state index is 13.1. The van der Waals surface area contributed by atoms with Gasteiger partial charge < -0.3 is 10.7 Å². The molecule has 2 N–H and O–H groups in total. The van der Waals surface area contributed by atoms with Gasteiger partial charge in [-0.3, -0.25) is 4.79 Å². The highest BCUT2D eigenvalue weighted by Crippen LogP contribution is 2.37. The molecule has 3 aromatic rings. The summed E-state index contributed by atoms with van der Waals surface area (Å²) in [5, 5.41) is 11.7. The second-order valence-corrected chi connectivity index (χ2v) is 7.60. The monoisotopic (exact) mass is 403 g/mol. The molecule has 1 amide bonds. The number of aromatic nitrogens is 3. The molecule has 0 saturated carbocycles. The van der Waals surface area contributed by atoms with E-state index in [-0.39, 0.29) is 17.8 Å². The smallest absolute Gasteiger partial charge is 0.240 e. The summed E-state index contributed by atoms with van der Waals surface area (Å²) in [7, 11) is 0. The summed E-state index contributed by atoms with van der Waals surface area (Å²) in [5.74, 6) is 0.129. The first-order chi connectivity index (χ1) is 13.0. The predicted octanol–water partition coefficient (Wildman–Crippen LogP) is 3.78. The van der Waals surface area contributed by atoms with Crippen molar-refractivity contribution >= 4 is 35.0 Å². The normalized spacial score (nSPS) is 18.5. The van der Waals surface area contributed by atoms with Crippen molar-refractivity contribution in [1.29, 1.82) is 0 Å². The Hall–Kier alpha value is -2.58. The topological polar surface area (TPSA) is 71.8 Å². The van der Waals surface area contributed by atoms with Crippen LogP contribution < -0.4 is 10.7 Å². The lowest BCUT2D eigenvalue weighted by Crippen LogP contribution is -2.41. The van der Waals surface area contributed by atoms with Crippen LogP contribution in [0.5, 0.6) is 0 Å². The average Bonchev–Trinajstić information content (AvgIpc) is 3.03. The summed E-state index contributed by atoms with van der Waals surface area (Å²) in [6.45, 7) is 1.84. The molecule has 138 valence electrons. The summed E-state index contributed by atoms with van der Waals surface area (Å²) in [6.07, 6.45) is 0. The summed E-state index contributed by atoms with van der Waals surface area (Å²) in [6, 6.07) is 12.7. The fraction of sp³-hybridized carbons (Fsp3) is 0.167. The molecule has 0 spiro atoms. The number of nitrogens with one attached hydrogen (secondary N) is 2. The molecule has 0 bridgehead atoms. The first-order valence-corrected chi connectivity index (χ1v) is 9.44. The third-order valence-corrected chi connectivity index (χ3v) is 5.66. The Kier molecular flexibility index (Phi) is 4.75. The number of rotatable bonds is 3. The van der Waals surface area contributed by atoms with Gasteiger partial charge in [0.05, 0.1) is 6.04 Å². The number of halogens is 2. The van der Waals surface area contributed by atoms with E-state index < -0.39 is 5.25 Å². The van der Waals surface area contributed by atoms with Gasteiger partial charge in [-0.15, -0.1) is 10.2 Å². The molecule has 2 unspecified atom stereocenters. The molecule has 2 heterocycles. The number of aryl methyl sites for hydroxylation is 1. The van der Waals surface area contributed by atoms with Crippen LogP contribution in [-0.2, 0) is 4.79 Å². The molecule has 0 fully saturated rings. The van der Waals surface area contributed by atoms with Gasteiger partial charge in [0.15, 0.2) is 0 Å². The van der Waals surface area contributed by atoms with Crippen LogP contribution in [0.1, 0.15) is 17.4 Å². The number of hydrogen-bond acceptors (Lipinski definition) is 5. The molecule has 4 rings (SSSR count). The molecule has 1 aliphatic heterocycles. The van der Waals surface area contributed by atoms with Gasteiger partial charge in [-0.05, 0) is 48.9 Å². The zero-order chi connectivity index (χ0) is 19.0. The number of hydrogen-bond donors (Lipinski definition) is 2. The van der Waals surface area contributed by atoms with E-state index in [1.165, 1.54) is 36.0 Å². The van der Waals surface area contributed by atoms with Crippen molar-refractivity contribution in [3.8, 4) is 0 Å². The van der Waals surface area contributed by atoms with Crippen molar-refractivity contribution in [2.75, 3.05) is 10.7 Å². The standard InChI is InChI=1S/C18H15ClFN5OS/c1-10-22-23-18-25(10)24-15(11-2-4-12(19)5-3-11)16(27-18)17(26)21-14-8-6-13(20)7-9-14/h2-9,15-16,24H,1H3,(H,21,26). The van der Waals surface area contributed by atoms with Crippen molar-refractivity contribution in [2.24, 2.45) is 0 Å². The van der Waals surface area contributed by atoms with E-state index >= 15 is 0 Å². The highest BCUT2D eigenvalue weighted by molar-refractivity contribution is 8.00. The molecule has 27 heavy (non-hydrogen) atoms. The lowest BCUT2D eigenvalue weighted by atomic mass is 10.0. The SMILES string of the molecule is Cc1nnc2n1NC(c1ccc(Cl)cc1)C(C(=O)Nc1ccc(F)cc1)S2. The van der Waals surface area contributed by atoms with Gasteiger partial charge in [0.2, 0.25) is 11.1 Å². The maximum absolute atomic E-state index is 13.1. The highest BCUT2D eigenvalue weighted by atomic mass is 35.5. The van der Waals surface area contributed by atoms with Crippen LogP contribution in [0.15, 0.2) is 53.7 Å². The van der Waals surface area contributed by atoms with E-state index in [0.29, 0.717) is 21.7 Å². The quantitative estimate of drug-likeness (QED) is 0.696. The highest BCUT2D eigenvalue weighted by Gasteiger charge is 2.37. The van der Waals surface area contributed by atoms with Crippen LogP contribution in [0.25, 0.3) is 0 Å². The molecule has 0 aliphatic carbocycles. The summed E-state index contributed by atoms with van der Waals surface area (Å²) in [5.41, 5.74) is 4.75. The average molecular weight is 404 g/mol. The van der Waals surface area contributed by atoms with Gasteiger partial charge in [0.25, 0.3) is 0 Å². The Balaban J connectivity index is 1.65. The molecule has 2 aromatic carbocycles. The third kappa shape index (κ3) is 3.63. The number of nitrogens with zero attached hydrogens (tertiary/aromatic N) is 3. The Morgan fingerprint density at radius 2 is 1.89 bits per heavy atom. The predicted molar refractivity (Wildman–Crippen MR) is 103 cm³/mol. The molecule has 9 heteroatoms. The Morgan fingerprint density at radius 1 is 1.19 bits per heavy atom. The number of carbonyl (C=O) groups is 1. The van der Waals surface area contributed by atoms with Gasteiger partial charge >= 0.3 is 0 Å². The molecule has 0 saturated heterocycles. The van der Waals surface area contributed by atoms with Crippen LogP contribution >= 0.6 is 23.4 Å². The summed E-state index contributed by atoms with van der Waals surface area (Å²) in [4.78, 5) is 13.0. The number of fused-ring (bicyclic) bond motifs is 1.